The molecule has 1 atom stereocenters. The Labute approximate surface area is 92.8 Å². The van der Waals surface area contributed by atoms with Crippen LogP contribution in [0, 0.1) is 10.1 Å². The van der Waals surface area contributed by atoms with Crippen LogP contribution in [-0.4, -0.2) is 23.7 Å². The van der Waals surface area contributed by atoms with Gasteiger partial charge in [-0.2, -0.15) is 0 Å². The zero-order chi connectivity index (χ0) is 12.3. The molecule has 0 saturated carbocycles. The molecule has 1 rings (SSSR count). The lowest BCUT2D eigenvalue weighted by Crippen LogP contribution is -2.32. The summed E-state index contributed by atoms with van der Waals surface area (Å²) in [6.07, 6.45) is 0. The third kappa shape index (κ3) is 2.29. The summed E-state index contributed by atoms with van der Waals surface area (Å²) in [6.45, 7) is 1.34. The van der Waals surface area contributed by atoms with E-state index in [1.54, 1.807) is 6.07 Å². The molecule has 0 radical (unpaired) electrons. The van der Waals surface area contributed by atoms with E-state index in [4.69, 9.17) is 10.5 Å². The highest BCUT2D eigenvalue weighted by Crippen LogP contribution is 2.32. The molecular weight excluding hydrogens is 212 g/mol. The average Bonchev–Trinajstić information content (AvgIpc) is 2.28. The number of methoxy groups -OCH3 is 1. The van der Waals surface area contributed by atoms with E-state index in [1.807, 2.05) is 0 Å². The predicted octanol–water partition coefficient (Wildman–Crippen LogP) is 0.770. The van der Waals surface area contributed by atoms with Gasteiger partial charge in [0, 0.05) is 6.54 Å². The Morgan fingerprint density at radius 1 is 1.62 bits per heavy atom. The fourth-order valence-corrected chi connectivity index (χ4v) is 1.35. The highest BCUT2D eigenvalue weighted by atomic mass is 16.6. The molecule has 1 unspecified atom stereocenters. The number of nitrogens with zero attached hydrogens (tertiary/aromatic N) is 1. The lowest BCUT2D eigenvalue weighted by Gasteiger charge is -2.21. The number of ether oxygens (including phenoxy) is 1. The van der Waals surface area contributed by atoms with Gasteiger partial charge in [0.15, 0.2) is 0 Å². The van der Waals surface area contributed by atoms with Crippen LogP contribution in [-0.2, 0) is 5.60 Å². The van der Waals surface area contributed by atoms with Gasteiger partial charge in [-0.25, -0.2) is 0 Å². The van der Waals surface area contributed by atoms with Crippen molar-refractivity contribution < 1.29 is 14.8 Å². The average molecular weight is 226 g/mol. The predicted molar refractivity (Wildman–Crippen MR) is 58.3 cm³/mol. The monoisotopic (exact) mass is 226 g/mol. The molecule has 0 saturated heterocycles. The normalized spacial score (nSPS) is 14.2. The van der Waals surface area contributed by atoms with Crippen molar-refractivity contribution in [2.75, 3.05) is 13.7 Å². The van der Waals surface area contributed by atoms with E-state index in [2.05, 4.69) is 0 Å². The van der Waals surface area contributed by atoms with Crippen molar-refractivity contribution in [3.63, 3.8) is 0 Å². The first-order valence-electron chi connectivity index (χ1n) is 4.67. The molecule has 0 aliphatic carbocycles. The molecule has 3 N–H and O–H groups in total. The van der Waals surface area contributed by atoms with Crippen LogP contribution in [0.25, 0.3) is 0 Å². The Kier molecular flexibility index (Phi) is 3.46. The fraction of sp³-hybridized carbons (Fsp3) is 0.400. The van der Waals surface area contributed by atoms with Gasteiger partial charge in [0.05, 0.1) is 23.7 Å². The number of hydrogen-bond acceptors (Lipinski definition) is 5. The second-order valence-electron chi connectivity index (χ2n) is 3.62. The number of aliphatic hydroxyl groups is 1. The summed E-state index contributed by atoms with van der Waals surface area (Å²) in [7, 11) is 1.42. The van der Waals surface area contributed by atoms with Gasteiger partial charge in [-0.05, 0) is 19.1 Å². The zero-order valence-corrected chi connectivity index (χ0v) is 9.14. The summed E-state index contributed by atoms with van der Waals surface area (Å²) in [6, 6.07) is 4.26. The molecule has 0 aromatic heterocycles. The Balaban J connectivity index is 3.34. The van der Waals surface area contributed by atoms with Crippen molar-refractivity contribution >= 4 is 5.69 Å². The molecule has 0 aliphatic heterocycles. The SMILES string of the molecule is COc1ccc(C(C)(O)CN)c([N+](=O)[O-])c1. The summed E-state index contributed by atoms with van der Waals surface area (Å²) in [5.41, 5.74) is 3.93. The first-order valence-corrected chi connectivity index (χ1v) is 4.67. The molecule has 0 amide bonds. The second kappa shape index (κ2) is 4.46. The summed E-state index contributed by atoms with van der Waals surface area (Å²) >= 11 is 0. The third-order valence-electron chi connectivity index (χ3n) is 2.38. The smallest absolute Gasteiger partial charge is 0.279 e. The van der Waals surface area contributed by atoms with Crippen LogP contribution < -0.4 is 10.5 Å². The zero-order valence-electron chi connectivity index (χ0n) is 9.14. The molecule has 0 fully saturated rings. The van der Waals surface area contributed by atoms with Crippen molar-refractivity contribution in [3.8, 4) is 5.75 Å². The lowest BCUT2D eigenvalue weighted by molar-refractivity contribution is -0.386. The number of benzene rings is 1. The summed E-state index contributed by atoms with van der Waals surface area (Å²) in [5.74, 6) is 0.364. The van der Waals surface area contributed by atoms with Gasteiger partial charge in [-0.3, -0.25) is 10.1 Å². The van der Waals surface area contributed by atoms with Crippen LogP contribution in [0.3, 0.4) is 0 Å². The Morgan fingerprint density at radius 3 is 2.69 bits per heavy atom. The second-order valence-corrected chi connectivity index (χ2v) is 3.62. The molecule has 0 spiro atoms. The summed E-state index contributed by atoms with van der Waals surface area (Å²) in [4.78, 5) is 10.3. The van der Waals surface area contributed by atoms with Crippen molar-refractivity contribution in [2.24, 2.45) is 5.73 Å². The Hall–Kier alpha value is -1.66. The van der Waals surface area contributed by atoms with E-state index in [-0.39, 0.29) is 17.8 Å². The molecule has 0 heterocycles. The number of nitro groups is 1. The number of hydrogen-bond donors (Lipinski definition) is 2. The van der Waals surface area contributed by atoms with Gasteiger partial charge in [0.1, 0.15) is 11.4 Å². The van der Waals surface area contributed by atoms with Crippen LogP contribution in [0.15, 0.2) is 18.2 Å². The minimum Gasteiger partial charge on any atom is -0.497 e. The minimum atomic E-state index is -1.42. The lowest BCUT2D eigenvalue weighted by atomic mass is 9.94. The Bertz CT molecular complexity index is 404. The van der Waals surface area contributed by atoms with Crippen LogP contribution in [0.1, 0.15) is 12.5 Å². The summed E-state index contributed by atoms with van der Waals surface area (Å²) in [5, 5.41) is 20.8. The third-order valence-corrected chi connectivity index (χ3v) is 2.38. The standard InChI is InChI=1S/C10H14N2O4/c1-10(13,6-11)8-4-3-7(16-2)5-9(8)12(14)15/h3-5,13H,6,11H2,1-2H3. The molecule has 6 heteroatoms. The first-order chi connectivity index (χ1) is 7.42. The molecule has 16 heavy (non-hydrogen) atoms. The van der Waals surface area contributed by atoms with Crippen molar-refractivity contribution in [1.82, 2.24) is 0 Å². The van der Waals surface area contributed by atoms with E-state index in [0.29, 0.717) is 5.75 Å². The maximum absolute atomic E-state index is 10.9. The van der Waals surface area contributed by atoms with Crippen LogP contribution in [0.5, 0.6) is 5.75 Å². The van der Waals surface area contributed by atoms with E-state index in [0.717, 1.165) is 0 Å². The van der Waals surface area contributed by atoms with Crippen molar-refractivity contribution in [1.29, 1.82) is 0 Å². The first kappa shape index (κ1) is 12.4. The molecule has 0 aliphatic rings. The maximum atomic E-state index is 10.9. The van der Waals surface area contributed by atoms with E-state index in [9.17, 15) is 15.2 Å². The maximum Gasteiger partial charge on any atom is 0.279 e. The largest absolute Gasteiger partial charge is 0.497 e. The van der Waals surface area contributed by atoms with Gasteiger partial charge in [-0.1, -0.05) is 0 Å². The van der Waals surface area contributed by atoms with Crippen molar-refractivity contribution in [3.05, 3.63) is 33.9 Å². The molecule has 0 bridgehead atoms. The number of rotatable bonds is 4. The molecule has 1 aromatic carbocycles. The molecule has 88 valence electrons. The highest BCUT2D eigenvalue weighted by Gasteiger charge is 2.30. The minimum absolute atomic E-state index is 0.0971. The number of nitro benzene ring substituents is 1. The van der Waals surface area contributed by atoms with E-state index in [1.165, 1.54) is 26.2 Å². The molecule has 6 nitrogen and oxygen atoms in total. The summed E-state index contributed by atoms with van der Waals surface area (Å²) < 4.78 is 4.89. The highest BCUT2D eigenvalue weighted by molar-refractivity contribution is 5.48. The van der Waals surface area contributed by atoms with E-state index >= 15 is 0 Å². The topological polar surface area (TPSA) is 98.6 Å². The van der Waals surface area contributed by atoms with Crippen LogP contribution >= 0.6 is 0 Å². The van der Waals surface area contributed by atoms with E-state index < -0.39 is 10.5 Å². The molecular formula is C10H14N2O4. The quantitative estimate of drug-likeness (QED) is 0.583. The van der Waals surface area contributed by atoms with Gasteiger partial charge >= 0.3 is 0 Å². The van der Waals surface area contributed by atoms with Crippen LogP contribution in [0.2, 0.25) is 0 Å². The van der Waals surface area contributed by atoms with Gasteiger partial charge in [0.25, 0.3) is 5.69 Å². The molecule has 1 aromatic rings. The van der Waals surface area contributed by atoms with Crippen molar-refractivity contribution in [2.45, 2.75) is 12.5 Å². The number of nitrogens with two attached hydrogens (primary N) is 1. The van der Waals surface area contributed by atoms with Gasteiger partial charge in [-0.15, -0.1) is 0 Å². The van der Waals surface area contributed by atoms with Crippen LogP contribution in [0.4, 0.5) is 5.69 Å². The van der Waals surface area contributed by atoms with Gasteiger partial charge < -0.3 is 15.6 Å². The van der Waals surface area contributed by atoms with Gasteiger partial charge in [0.2, 0.25) is 0 Å². The fourth-order valence-electron chi connectivity index (χ4n) is 1.35. The Morgan fingerprint density at radius 2 is 2.25 bits per heavy atom.